The zero-order valence-corrected chi connectivity index (χ0v) is 15.4. The molecular weight excluding hydrogens is 420 g/mol. The summed E-state index contributed by atoms with van der Waals surface area (Å²) in [5.74, 6) is 0. The summed E-state index contributed by atoms with van der Waals surface area (Å²) in [5.41, 5.74) is 8.44. The van der Waals surface area contributed by atoms with Crippen molar-refractivity contribution in [3.8, 4) is 0 Å². The van der Waals surface area contributed by atoms with Crippen molar-refractivity contribution in [1.29, 1.82) is 0 Å². The molecule has 21 heavy (non-hydrogen) atoms. The van der Waals surface area contributed by atoms with Crippen molar-refractivity contribution in [2.75, 3.05) is 10.5 Å². The van der Waals surface area contributed by atoms with E-state index in [2.05, 4.69) is 36.6 Å². The van der Waals surface area contributed by atoms with Crippen molar-refractivity contribution in [3.63, 3.8) is 0 Å². The number of nitrogen functional groups attached to an aromatic ring is 1. The van der Waals surface area contributed by atoms with Crippen LogP contribution in [-0.4, -0.2) is 8.42 Å². The van der Waals surface area contributed by atoms with E-state index in [1.54, 1.807) is 24.3 Å². The van der Waals surface area contributed by atoms with E-state index in [4.69, 9.17) is 5.73 Å². The largest absolute Gasteiger partial charge is 0.397 e. The van der Waals surface area contributed by atoms with Gasteiger partial charge in [0.15, 0.2) is 0 Å². The van der Waals surface area contributed by atoms with Gasteiger partial charge >= 0.3 is 0 Å². The molecule has 0 unspecified atom stereocenters. The Morgan fingerprint density at radius 3 is 2.38 bits per heavy atom. The molecule has 0 saturated heterocycles. The number of anilines is 2. The lowest BCUT2D eigenvalue weighted by Gasteiger charge is -2.13. The number of rotatable bonds is 3. The lowest BCUT2D eigenvalue weighted by atomic mass is 10.2. The maximum absolute atomic E-state index is 12.5. The minimum atomic E-state index is -3.73. The van der Waals surface area contributed by atoms with Gasteiger partial charge in [0.05, 0.1) is 11.4 Å². The first-order valence-electron chi connectivity index (χ1n) is 6.05. The molecule has 0 aliphatic rings. The Bertz CT molecular complexity index is 805. The second-order valence-electron chi connectivity index (χ2n) is 4.73. The summed E-state index contributed by atoms with van der Waals surface area (Å²) in [4.78, 5) is 0.154. The standard InChI is InChI=1S/C14H14Br2N2O2S/c1-8-3-4-12(17)13(5-8)18-21(19,20)14-7-10(15)9(2)6-11(14)16/h3-7,18H,17H2,1-2H3. The van der Waals surface area contributed by atoms with E-state index >= 15 is 0 Å². The molecule has 0 fully saturated rings. The molecule has 2 aromatic rings. The number of benzene rings is 2. The number of sulfonamides is 1. The fourth-order valence-electron chi connectivity index (χ4n) is 1.79. The average molecular weight is 434 g/mol. The number of hydrogen-bond acceptors (Lipinski definition) is 3. The van der Waals surface area contributed by atoms with Crippen LogP contribution in [0, 0.1) is 13.8 Å². The molecule has 0 saturated carbocycles. The smallest absolute Gasteiger partial charge is 0.263 e. The first-order valence-corrected chi connectivity index (χ1v) is 9.12. The highest BCUT2D eigenvalue weighted by atomic mass is 79.9. The fourth-order valence-corrected chi connectivity index (χ4v) is 4.55. The normalized spacial score (nSPS) is 11.4. The van der Waals surface area contributed by atoms with Crippen molar-refractivity contribution < 1.29 is 8.42 Å². The third kappa shape index (κ3) is 3.59. The van der Waals surface area contributed by atoms with Crippen LogP contribution in [0.5, 0.6) is 0 Å². The third-order valence-corrected chi connectivity index (χ3v) is 6.13. The average Bonchev–Trinajstić information content (AvgIpc) is 2.37. The van der Waals surface area contributed by atoms with Crippen LogP contribution >= 0.6 is 31.9 Å². The maximum Gasteiger partial charge on any atom is 0.263 e. The zero-order chi connectivity index (χ0) is 15.8. The molecule has 7 heteroatoms. The molecule has 4 nitrogen and oxygen atoms in total. The number of nitrogens with one attached hydrogen (secondary N) is 1. The van der Waals surface area contributed by atoms with Crippen LogP contribution in [0.1, 0.15) is 11.1 Å². The summed E-state index contributed by atoms with van der Waals surface area (Å²) in [6.07, 6.45) is 0. The first kappa shape index (κ1) is 16.3. The van der Waals surface area contributed by atoms with Crippen LogP contribution in [0.25, 0.3) is 0 Å². The molecule has 0 aliphatic heterocycles. The Kier molecular flexibility index (Phi) is 4.65. The van der Waals surface area contributed by atoms with Crippen LogP contribution in [0.4, 0.5) is 11.4 Å². The third-order valence-electron chi connectivity index (χ3n) is 2.96. The van der Waals surface area contributed by atoms with Crippen LogP contribution in [0.15, 0.2) is 44.2 Å². The second-order valence-corrected chi connectivity index (χ2v) is 8.09. The molecule has 0 spiro atoms. The highest BCUT2D eigenvalue weighted by Gasteiger charge is 2.20. The molecule has 0 bridgehead atoms. The topological polar surface area (TPSA) is 72.2 Å². The van der Waals surface area contributed by atoms with Gasteiger partial charge in [0.2, 0.25) is 0 Å². The van der Waals surface area contributed by atoms with Gasteiger partial charge < -0.3 is 5.73 Å². The maximum atomic E-state index is 12.5. The zero-order valence-electron chi connectivity index (χ0n) is 11.4. The van der Waals surface area contributed by atoms with Gasteiger partial charge in [0.1, 0.15) is 4.90 Å². The summed E-state index contributed by atoms with van der Waals surface area (Å²) < 4.78 is 28.8. The summed E-state index contributed by atoms with van der Waals surface area (Å²) >= 11 is 6.64. The second kappa shape index (κ2) is 5.98. The highest BCUT2D eigenvalue weighted by Crippen LogP contribution is 2.31. The Labute approximate surface area is 141 Å². The SMILES string of the molecule is Cc1ccc(N)c(NS(=O)(=O)c2cc(Br)c(C)cc2Br)c1. The van der Waals surface area contributed by atoms with Crippen molar-refractivity contribution in [3.05, 3.63) is 50.4 Å². The van der Waals surface area contributed by atoms with Gasteiger partial charge in [-0.1, -0.05) is 22.0 Å². The van der Waals surface area contributed by atoms with E-state index in [0.29, 0.717) is 15.8 Å². The molecule has 0 aliphatic carbocycles. The summed E-state index contributed by atoms with van der Waals surface area (Å²) in [5, 5.41) is 0. The van der Waals surface area contributed by atoms with Gasteiger partial charge in [-0.3, -0.25) is 4.72 Å². The monoisotopic (exact) mass is 432 g/mol. The van der Waals surface area contributed by atoms with E-state index in [1.807, 2.05) is 19.9 Å². The molecule has 0 radical (unpaired) electrons. The van der Waals surface area contributed by atoms with E-state index in [9.17, 15) is 8.42 Å². The minimum Gasteiger partial charge on any atom is -0.397 e. The van der Waals surface area contributed by atoms with Gasteiger partial charge in [-0.05, 0) is 65.2 Å². The van der Waals surface area contributed by atoms with E-state index in [0.717, 1.165) is 15.6 Å². The Balaban J connectivity index is 2.48. The van der Waals surface area contributed by atoms with Gasteiger partial charge in [0, 0.05) is 8.95 Å². The lowest BCUT2D eigenvalue weighted by molar-refractivity contribution is 0.600. The number of halogens is 2. The number of aryl methyl sites for hydroxylation is 2. The molecule has 0 aromatic heterocycles. The van der Waals surface area contributed by atoms with E-state index in [-0.39, 0.29) is 4.90 Å². The minimum absolute atomic E-state index is 0.154. The Morgan fingerprint density at radius 2 is 1.71 bits per heavy atom. The van der Waals surface area contributed by atoms with Crippen LogP contribution < -0.4 is 10.5 Å². The van der Waals surface area contributed by atoms with Gasteiger partial charge in [-0.2, -0.15) is 0 Å². The predicted molar refractivity (Wildman–Crippen MR) is 93.0 cm³/mol. The molecule has 3 N–H and O–H groups in total. The van der Waals surface area contributed by atoms with E-state index < -0.39 is 10.0 Å². The van der Waals surface area contributed by atoms with Crippen LogP contribution in [-0.2, 0) is 10.0 Å². The lowest BCUT2D eigenvalue weighted by Crippen LogP contribution is -2.15. The highest BCUT2D eigenvalue weighted by molar-refractivity contribution is 9.11. The Hall–Kier alpha value is -1.05. The molecule has 2 rings (SSSR count). The van der Waals surface area contributed by atoms with Crippen molar-refractivity contribution in [2.24, 2.45) is 0 Å². The summed E-state index contributed by atoms with van der Waals surface area (Å²) in [6, 6.07) is 8.51. The Morgan fingerprint density at radius 1 is 1.05 bits per heavy atom. The van der Waals surface area contributed by atoms with Crippen molar-refractivity contribution in [2.45, 2.75) is 18.7 Å². The molecule has 112 valence electrons. The predicted octanol–water partition coefficient (Wildman–Crippen LogP) is 4.21. The van der Waals surface area contributed by atoms with Crippen molar-refractivity contribution >= 4 is 53.3 Å². The quantitative estimate of drug-likeness (QED) is 0.712. The number of hydrogen-bond donors (Lipinski definition) is 2. The molecule has 2 aromatic carbocycles. The van der Waals surface area contributed by atoms with Gasteiger partial charge in [-0.15, -0.1) is 0 Å². The summed E-state index contributed by atoms with van der Waals surface area (Å²) in [6.45, 7) is 3.76. The van der Waals surface area contributed by atoms with E-state index in [1.165, 1.54) is 0 Å². The summed E-state index contributed by atoms with van der Waals surface area (Å²) in [7, 11) is -3.73. The van der Waals surface area contributed by atoms with Crippen LogP contribution in [0.2, 0.25) is 0 Å². The van der Waals surface area contributed by atoms with Gasteiger partial charge in [-0.25, -0.2) is 8.42 Å². The fraction of sp³-hybridized carbons (Fsp3) is 0.143. The van der Waals surface area contributed by atoms with Crippen LogP contribution in [0.3, 0.4) is 0 Å². The molecule has 0 atom stereocenters. The first-order chi connectivity index (χ1) is 9.70. The van der Waals surface area contributed by atoms with Crippen molar-refractivity contribution in [1.82, 2.24) is 0 Å². The number of nitrogens with two attached hydrogens (primary N) is 1. The molecule has 0 amide bonds. The molecular formula is C14H14Br2N2O2S. The van der Waals surface area contributed by atoms with Gasteiger partial charge in [0.25, 0.3) is 10.0 Å². The molecule has 0 heterocycles.